The lowest BCUT2D eigenvalue weighted by molar-refractivity contribution is -0.141. The average Bonchev–Trinajstić information content (AvgIpc) is 2.75. The first-order chi connectivity index (χ1) is 9.38. The fourth-order valence-corrected chi connectivity index (χ4v) is 2.77. The van der Waals surface area contributed by atoms with Gasteiger partial charge in [-0.1, -0.05) is 27.5 Å². The molecule has 108 valence electrons. The highest BCUT2D eigenvalue weighted by atomic mass is 79.9. The van der Waals surface area contributed by atoms with Gasteiger partial charge in [0.1, 0.15) is 6.04 Å². The first-order valence-electron chi connectivity index (χ1n) is 5.82. The first-order valence-corrected chi connectivity index (χ1v) is 6.99. The van der Waals surface area contributed by atoms with E-state index in [1.165, 1.54) is 0 Å². The highest BCUT2D eigenvalue weighted by molar-refractivity contribution is 9.10. The first kappa shape index (κ1) is 15.1. The Morgan fingerprint density at radius 1 is 1.45 bits per heavy atom. The number of halogens is 2. The largest absolute Gasteiger partial charge is 0.480 e. The van der Waals surface area contributed by atoms with Crippen LogP contribution in [-0.2, 0) is 4.79 Å². The topological polar surface area (TPSA) is 89.9 Å². The molecule has 2 unspecified atom stereocenters. The van der Waals surface area contributed by atoms with Gasteiger partial charge in [-0.2, -0.15) is 0 Å². The van der Waals surface area contributed by atoms with E-state index >= 15 is 0 Å². The SMILES string of the molecule is O=C(O)C1CC(O)CN1C(=O)Nc1ccc(Br)cc1Cl. The van der Waals surface area contributed by atoms with Gasteiger partial charge < -0.3 is 20.4 Å². The summed E-state index contributed by atoms with van der Waals surface area (Å²) in [6, 6.07) is 3.30. The number of amides is 2. The third-order valence-corrected chi connectivity index (χ3v) is 3.80. The summed E-state index contributed by atoms with van der Waals surface area (Å²) < 4.78 is 0.764. The number of carbonyl (C=O) groups excluding carboxylic acids is 1. The Balaban J connectivity index is 2.13. The molecule has 0 radical (unpaired) electrons. The average molecular weight is 364 g/mol. The number of likely N-dealkylation sites (tertiary alicyclic amines) is 1. The molecule has 3 N–H and O–H groups in total. The van der Waals surface area contributed by atoms with Crippen molar-refractivity contribution < 1.29 is 19.8 Å². The molecular formula is C12H12BrClN2O4. The van der Waals surface area contributed by atoms with E-state index in [1.54, 1.807) is 18.2 Å². The molecule has 0 aromatic heterocycles. The molecule has 2 rings (SSSR count). The van der Waals surface area contributed by atoms with Crippen LogP contribution >= 0.6 is 27.5 Å². The van der Waals surface area contributed by atoms with Gasteiger partial charge in [-0.15, -0.1) is 0 Å². The molecule has 8 heteroatoms. The van der Waals surface area contributed by atoms with Crippen molar-refractivity contribution in [3.63, 3.8) is 0 Å². The van der Waals surface area contributed by atoms with E-state index in [4.69, 9.17) is 16.7 Å². The molecule has 1 aromatic carbocycles. The molecule has 0 spiro atoms. The predicted molar refractivity (Wildman–Crippen MR) is 76.9 cm³/mol. The van der Waals surface area contributed by atoms with Gasteiger partial charge in [-0.05, 0) is 18.2 Å². The molecular weight excluding hydrogens is 351 g/mol. The standard InChI is InChI=1S/C12H12BrClN2O4/c13-6-1-2-9(8(14)3-6)15-12(20)16-5-7(17)4-10(16)11(18)19/h1-3,7,10,17H,4-5H2,(H,15,20)(H,18,19). The number of carboxylic acid groups (broad SMARTS) is 1. The fraction of sp³-hybridized carbons (Fsp3) is 0.333. The Morgan fingerprint density at radius 2 is 2.15 bits per heavy atom. The molecule has 2 amide bonds. The third kappa shape index (κ3) is 3.23. The van der Waals surface area contributed by atoms with Crippen LogP contribution in [0.15, 0.2) is 22.7 Å². The minimum absolute atomic E-state index is 0.0169. The maximum atomic E-state index is 12.1. The summed E-state index contributed by atoms with van der Waals surface area (Å²) >= 11 is 9.23. The Labute approximate surface area is 128 Å². The van der Waals surface area contributed by atoms with Gasteiger partial charge in [0.25, 0.3) is 0 Å². The van der Waals surface area contributed by atoms with Crippen molar-refractivity contribution in [1.29, 1.82) is 0 Å². The number of carbonyl (C=O) groups is 2. The van der Waals surface area contributed by atoms with Crippen molar-refractivity contribution in [1.82, 2.24) is 4.90 Å². The van der Waals surface area contributed by atoms with E-state index in [9.17, 15) is 14.7 Å². The van der Waals surface area contributed by atoms with Gasteiger partial charge in [0.05, 0.1) is 16.8 Å². The van der Waals surface area contributed by atoms with Gasteiger partial charge in [-0.3, -0.25) is 0 Å². The number of β-amino-alcohol motifs (C(OH)–C–C–N with tert-alkyl or cyclic N) is 1. The normalized spacial score (nSPS) is 21.9. The van der Waals surface area contributed by atoms with Crippen molar-refractivity contribution in [2.24, 2.45) is 0 Å². The van der Waals surface area contributed by atoms with E-state index in [0.717, 1.165) is 9.37 Å². The number of nitrogens with one attached hydrogen (secondary N) is 1. The smallest absolute Gasteiger partial charge is 0.326 e. The van der Waals surface area contributed by atoms with Crippen LogP contribution in [0.25, 0.3) is 0 Å². The van der Waals surface area contributed by atoms with E-state index in [1.807, 2.05) is 0 Å². The Morgan fingerprint density at radius 3 is 2.75 bits per heavy atom. The minimum atomic E-state index is -1.14. The van der Waals surface area contributed by atoms with Crippen LogP contribution < -0.4 is 5.32 Å². The van der Waals surface area contributed by atoms with E-state index in [0.29, 0.717) is 10.7 Å². The van der Waals surface area contributed by atoms with Gasteiger partial charge in [0.15, 0.2) is 0 Å². The molecule has 1 saturated heterocycles. The number of aliphatic hydroxyl groups excluding tert-OH is 1. The molecule has 6 nitrogen and oxygen atoms in total. The zero-order chi connectivity index (χ0) is 14.9. The van der Waals surface area contributed by atoms with Gasteiger partial charge in [0.2, 0.25) is 0 Å². The number of hydrogen-bond acceptors (Lipinski definition) is 3. The zero-order valence-corrected chi connectivity index (χ0v) is 12.6. The summed E-state index contributed by atoms with van der Waals surface area (Å²) in [6.07, 6.45) is -0.807. The van der Waals surface area contributed by atoms with Crippen LogP contribution in [0.3, 0.4) is 0 Å². The third-order valence-electron chi connectivity index (χ3n) is 3.00. The molecule has 0 bridgehead atoms. The molecule has 0 aliphatic carbocycles. The second kappa shape index (κ2) is 5.99. The zero-order valence-electron chi connectivity index (χ0n) is 10.2. The van der Waals surface area contributed by atoms with Crippen molar-refractivity contribution in [3.8, 4) is 0 Å². The number of nitrogens with zero attached hydrogens (tertiary/aromatic N) is 1. The molecule has 20 heavy (non-hydrogen) atoms. The Kier molecular flexibility index (Phi) is 4.52. The quantitative estimate of drug-likeness (QED) is 0.751. The van der Waals surface area contributed by atoms with Gasteiger partial charge in [0, 0.05) is 17.4 Å². The fourth-order valence-electron chi connectivity index (χ4n) is 2.05. The number of anilines is 1. The summed E-state index contributed by atoms with van der Waals surface area (Å²) in [7, 11) is 0. The Bertz CT molecular complexity index is 554. The summed E-state index contributed by atoms with van der Waals surface area (Å²) in [6.45, 7) is -0.0169. The second-order valence-corrected chi connectivity index (χ2v) is 5.77. The highest BCUT2D eigenvalue weighted by Crippen LogP contribution is 2.27. The Hall–Kier alpha value is -1.31. The van der Waals surface area contributed by atoms with Crippen LogP contribution in [-0.4, -0.2) is 45.8 Å². The maximum absolute atomic E-state index is 12.1. The monoisotopic (exact) mass is 362 g/mol. The number of aliphatic hydroxyl groups is 1. The van der Waals surface area contributed by atoms with Crippen molar-refractivity contribution in [3.05, 3.63) is 27.7 Å². The number of aliphatic carboxylic acids is 1. The molecule has 1 aliphatic rings. The van der Waals surface area contributed by atoms with E-state index in [2.05, 4.69) is 21.2 Å². The maximum Gasteiger partial charge on any atom is 0.326 e. The highest BCUT2D eigenvalue weighted by Gasteiger charge is 2.39. The van der Waals surface area contributed by atoms with Crippen LogP contribution in [0.1, 0.15) is 6.42 Å². The summed E-state index contributed by atoms with van der Waals surface area (Å²) in [5.74, 6) is -1.14. The molecule has 0 saturated carbocycles. The molecule has 1 fully saturated rings. The van der Waals surface area contributed by atoms with Crippen molar-refractivity contribution in [2.45, 2.75) is 18.6 Å². The van der Waals surface area contributed by atoms with Crippen LogP contribution in [0, 0.1) is 0 Å². The molecule has 1 aliphatic heterocycles. The van der Waals surface area contributed by atoms with Crippen LogP contribution in [0.2, 0.25) is 5.02 Å². The number of carboxylic acids is 1. The number of hydrogen-bond donors (Lipinski definition) is 3. The van der Waals surface area contributed by atoms with E-state index < -0.39 is 24.1 Å². The summed E-state index contributed by atoms with van der Waals surface area (Å²) in [5, 5.41) is 21.4. The molecule has 1 heterocycles. The van der Waals surface area contributed by atoms with Gasteiger partial charge >= 0.3 is 12.0 Å². The van der Waals surface area contributed by atoms with Crippen LogP contribution in [0.4, 0.5) is 10.5 Å². The lowest BCUT2D eigenvalue weighted by atomic mass is 10.2. The second-order valence-electron chi connectivity index (χ2n) is 4.45. The lowest BCUT2D eigenvalue weighted by Gasteiger charge is -2.21. The van der Waals surface area contributed by atoms with Gasteiger partial charge in [-0.25, -0.2) is 9.59 Å². The lowest BCUT2D eigenvalue weighted by Crippen LogP contribution is -2.43. The number of rotatable bonds is 2. The number of benzene rings is 1. The van der Waals surface area contributed by atoms with Crippen molar-refractivity contribution >= 4 is 45.2 Å². The van der Waals surface area contributed by atoms with Crippen LogP contribution in [0.5, 0.6) is 0 Å². The predicted octanol–water partition coefficient (Wildman–Crippen LogP) is 2.15. The molecule has 2 atom stereocenters. The summed E-state index contributed by atoms with van der Waals surface area (Å²) in [5.41, 5.74) is 0.380. The summed E-state index contributed by atoms with van der Waals surface area (Å²) in [4.78, 5) is 24.2. The molecule has 1 aromatic rings. The van der Waals surface area contributed by atoms with E-state index in [-0.39, 0.29) is 13.0 Å². The number of urea groups is 1. The minimum Gasteiger partial charge on any atom is -0.480 e. The van der Waals surface area contributed by atoms with Crippen molar-refractivity contribution in [2.75, 3.05) is 11.9 Å².